The molecule has 0 aliphatic carbocycles. The van der Waals surface area contributed by atoms with Crippen LogP contribution in [-0.2, 0) is 9.59 Å². The van der Waals surface area contributed by atoms with Gasteiger partial charge >= 0.3 is 5.97 Å². The molecule has 1 saturated heterocycles. The molecule has 1 aromatic heterocycles. The number of aromatic nitrogens is 2. The number of carbonyl (C=O) groups excluding carboxylic acids is 2. The third-order valence-corrected chi connectivity index (χ3v) is 4.83. The maximum Gasteiger partial charge on any atom is 0.306 e. The topological polar surface area (TPSA) is 95.7 Å². The predicted octanol–water partition coefficient (Wildman–Crippen LogP) is 1.27. The van der Waals surface area contributed by atoms with Crippen molar-refractivity contribution in [1.82, 2.24) is 19.4 Å². The Hall–Kier alpha value is -3.16. The third-order valence-electron chi connectivity index (χ3n) is 4.83. The lowest BCUT2D eigenvalue weighted by molar-refractivity contribution is -0.145. The second-order valence-corrected chi connectivity index (χ2v) is 6.67. The largest absolute Gasteiger partial charge is 0.481 e. The lowest BCUT2D eigenvalue weighted by Crippen LogP contribution is -2.45. The van der Waals surface area contributed by atoms with Gasteiger partial charge in [-0.1, -0.05) is 0 Å². The first-order chi connectivity index (χ1) is 13.0. The number of hydrogen-bond acceptors (Lipinski definition) is 4. The minimum absolute atomic E-state index is 0.0279. The molecule has 1 aromatic carbocycles. The van der Waals surface area contributed by atoms with E-state index in [4.69, 9.17) is 5.11 Å². The lowest BCUT2D eigenvalue weighted by atomic mass is 9.97. The number of likely N-dealkylation sites (tertiary alicyclic amines) is 1. The van der Waals surface area contributed by atoms with Crippen molar-refractivity contribution in [1.29, 1.82) is 0 Å². The summed E-state index contributed by atoms with van der Waals surface area (Å²) in [4.78, 5) is 43.0. The van der Waals surface area contributed by atoms with Crippen molar-refractivity contribution in [3.63, 3.8) is 0 Å². The summed E-state index contributed by atoms with van der Waals surface area (Å²) >= 11 is 0. The van der Waals surface area contributed by atoms with E-state index in [9.17, 15) is 14.4 Å². The Labute approximate surface area is 157 Å². The molecule has 8 nitrogen and oxygen atoms in total. The molecule has 1 aliphatic rings. The summed E-state index contributed by atoms with van der Waals surface area (Å²) < 4.78 is 1.84. The van der Waals surface area contributed by atoms with Gasteiger partial charge in [-0.05, 0) is 37.1 Å². The fourth-order valence-electron chi connectivity index (χ4n) is 3.16. The van der Waals surface area contributed by atoms with Gasteiger partial charge in [0.1, 0.15) is 0 Å². The Morgan fingerprint density at radius 1 is 1.19 bits per heavy atom. The van der Waals surface area contributed by atoms with Crippen LogP contribution in [0.4, 0.5) is 0 Å². The summed E-state index contributed by atoms with van der Waals surface area (Å²) in [6, 6.07) is 7.08. The molecule has 0 atom stereocenters. The van der Waals surface area contributed by atoms with Gasteiger partial charge in [0.15, 0.2) is 0 Å². The van der Waals surface area contributed by atoms with Gasteiger partial charge in [-0.3, -0.25) is 14.4 Å². The van der Waals surface area contributed by atoms with Gasteiger partial charge in [0.05, 0.1) is 18.8 Å². The van der Waals surface area contributed by atoms with E-state index in [0.29, 0.717) is 31.5 Å². The molecule has 1 fully saturated rings. The van der Waals surface area contributed by atoms with Crippen molar-refractivity contribution in [2.45, 2.75) is 12.8 Å². The van der Waals surface area contributed by atoms with Crippen LogP contribution in [-0.4, -0.2) is 68.9 Å². The first-order valence-electron chi connectivity index (χ1n) is 8.80. The number of likely N-dealkylation sites (N-methyl/N-ethyl adjacent to an activating group) is 1. The average Bonchev–Trinajstić information content (AvgIpc) is 3.22. The number of aliphatic carboxylic acids is 1. The monoisotopic (exact) mass is 370 g/mol. The van der Waals surface area contributed by atoms with E-state index in [1.165, 1.54) is 4.90 Å². The van der Waals surface area contributed by atoms with Crippen LogP contribution in [0.2, 0.25) is 0 Å². The molecular formula is C19H22N4O4. The zero-order chi connectivity index (χ0) is 19.4. The Balaban J connectivity index is 1.56. The Morgan fingerprint density at radius 3 is 2.41 bits per heavy atom. The van der Waals surface area contributed by atoms with Gasteiger partial charge in [0.2, 0.25) is 5.91 Å². The molecule has 0 saturated carbocycles. The van der Waals surface area contributed by atoms with Gasteiger partial charge in [0, 0.05) is 43.8 Å². The Morgan fingerprint density at radius 2 is 1.85 bits per heavy atom. The minimum atomic E-state index is -0.812. The molecule has 2 amide bonds. The zero-order valence-corrected chi connectivity index (χ0v) is 15.1. The fourth-order valence-corrected chi connectivity index (χ4v) is 3.16. The number of amides is 2. The molecule has 27 heavy (non-hydrogen) atoms. The number of nitrogens with zero attached hydrogens (tertiary/aromatic N) is 4. The van der Waals surface area contributed by atoms with Crippen molar-refractivity contribution in [3.8, 4) is 5.69 Å². The highest BCUT2D eigenvalue weighted by molar-refractivity contribution is 5.96. The van der Waals surface area contributed by atoms with Gasteiger partial charge in [-0.25, -0.2) is 4.98 Å². The van der Waals surface area contributed by atoms with Crippen LogP contribution in [0.3, 0.4) is 0 Å². The van der Waals surface area contributed by atoms with Crippen LogP contribution >= 0.6 is 0 Å². The molecule has 0 bridgehead atoms. The van der Waals surface area contributed by atoms with Crippen molar-refractivity contribution >= 4 is 17.8 Å². The van der Waals surface area contributed by atoms with Gasteiger partial charge in [0.25, 0.3) is 5.91 Å². The van der Waals surface area contributed by atoms with E-state index in [2.05, 4.69) is 4.98 Å². The molecular weight excluding hydrogens is 348 g/mol. The quantitative estimate of drug-likeness (QED) is 0.855. The first-order valence-corrected chi connectivity index (χ1v) is 8.80. The van der Waals surface area contributed by atoms with Crippen LogP contribution in [0, 0.1) is 5.92 Å². The number of piperidine rings is 1. The number of carboxylic acids is 1. The molecule has 1 aliphatic heterocycles. The van der Waals surface area contributed by atoms with E-state index >= 15 is 0 Å². The summed E-state index contributed by atoms with van der Waals surface area (Å²) in [6.45, 7) is 0.800. The fraction of sp³-hybridized carbons (Fsp3) is 0.368. The molecule has 0 spiro atoms. The van der Waals surface area contributed by atoms with Crippen LogP contribution in [0.1, 0.15) is 23.2 Å². The molecule has 0 radical (unpaired) electrons. The highest BCUT2D eigenvalue weighted by Gasteiger charge is 2.28. The van der Waals surface area contributed by atoms with E-state index in [0.717, 1.165) is 5.69 Å². The molecule has 0 unspecified atom stereocenters. The van der Waals surface area contributed by atoms with Crippen LogP contribution in [0.25, 0.3) is 5.69 Å². The predicted molar refractivity (Wildman–Crippen MR) is 97.5 cm³/mol. The number of imidazole rings is 1. The van der Waals surface area contributed by atoms with Gasteiger partial charge < -0.3 is 19.5 Å². The third kappa shape index (κ3) is 4.33. The Kier molecular flexibility index (Phi) is 5.54. The number of benzene rings is 1. The highest BCUT2D eigenvalue weighted by Crippen LogP contribution is 2.18. The van der Waals surface area contributed by atoms with Crippen LogP contribution in [0.15, 0.2) is 43.0 Å². The van der Waals surface area contributed by atoms with Crippen molar-refractivity contribution < 1.29 is 19.5 Å². The van der Waals surface area contributed by atoms with Crippen molar-refractivity contribution in [2.75, 3.05) is 26.7 Å². The highest BCUT2D eigenvalue weighted by atomic mass is 16.4. The van der Waals surface area contributed by atoms with Crippen LogP contribution < -0.4 is 0 Å². The summed E-state index contributed by atoms with van der Waals surface area (Å²) in [5.41, 5.74) is 1.39. The number of hydrogen-bond donors (Lipinski definition) is 1. The van der Waals surface area contributed by atoms with E-state index in [-0.39, 0.29) is 24.3 Å². The van der Waals surface area contributed by atoms with Gasteiger partial charge in [-0.15, -0.1) is 0 Å². The van der Waals surface area contributed by atoms with E-state index in [1.54, 1.807) is 36.6 Å². The molecule has 1 N–H and O–H groups in total. The van der Waals surface area contributed by atoms with E-state index in [1.807, 2.05) is 22.9 Å². The Bertz CT molecular complexity index is 809. The van der Waals surface area contributed by atoms with Crippen molar-refractivity contribution in [3.05, 3.63) is 48.5 Å². The second-order valence-electron chi connectivity index (χ2n) is 6.67. The molecule has 2 heterocycles. The zero-order valence-electron chi connectivity index (χ0n) is 15.1. The average molecular weight is 370 g/mol. The first kappa shape index (κ1) is 18.6. The maximum absolute atomic E-state index is 12.6. The van der Waals surface area contributed by atoms with E-state index < -0.39 is 5.97 Å². The molecule has 2 aromatic rings. The maximum atomic E-state index is 12.6. The molecule has 8 heteroatoms. The normalized spacial score (nSPS) is 14.8. The molecule has 3 rings (SSSR count). The summed E-state index contributed by atoms with van der Waals surface area (Å²) in [5.74, 6) is -1.60. The SMILES string of the molecule is CN(CC(=O)N1CCC(C(=O)O)CC1)C(=O)c1ccc(-n2ccnc2)cc1. The smallest absolute Gasteiger partial charge is 0.306 e. The lowest BCUT2D eigenvalue weighted by Gasteiger charge is -2.31. The number of rotatable bonds is 5. The summed E-state index contributed by atoms with van der Waals surface area (Å²) in [6.07, 6.45) is 6.07. The second kappa shape index (κ2) is 8.03. The summed E-state index contributed by atoms with van der Waals surface area (Å²) in [7, 11) is 1.59. The number of carboxylic acid groups (broad SMARTS) is 1. The van der Waals surface area contributed by atoms with Crippen molar-refractivity contribution in [2.24, 2.45) is 5.92 Å². The minimum Gasteiger partial charge on any atom is -0.481 e. The van der Waals surface area contributed by atoms with Gasteiger partial charge in [-0.2, -0.15) is 0 Å². The summed E-state index contributed by atoms with van der Waals surface area (Å²) in [5, 5.41) is 9.03. The van der Waals surface area contributed by atoms with Crippen LogP contribution in [0.5, 0.6) is 0 Å². The standard InChI is InChI=1S/C19H22N4O4/c1-21(12-17(24)22-9-6-15(7-10-22)19(26)27)18(25)14-2-4-16(5-3-14)23-11-8-20-13-23/h2-5,8,11,13,15H,6-7,9-10,12H2,1H3,(H,26,27). The molecule has 142 valence electrons. The number of carbonyl (C=O) groups is 3.